The van der Waals surface area contributed by atoms with E-state index in [2.05, 4.69) is 206 Å². The van der Waals surface area contributed by atoms with Crippen LogP contribution in [-0.2, 0) is 37.9 Å². The fourth-order valence-electron chi connectivity index (χ4n) is 13.3. The molecular weight excluding hydrogens is 812 g/mol. The van der Waals surface area contributed by atoms with Crippen LogP contribution in [0, 0.1) is 0 Å². The molecule has 67 heavy (non-hydrogen) atoms. The van der Waals surface area contributed by atoms with Crippen LogP contribution in [0.2, 0.25) is 0 Å². The molecule has 0 bridgehead atoms. The maximum atomic E-state index is 7.71. The van der Waals surface area contributed by atoms with E-state index in [4.69, 9.17) is 4.42 Å². The first-order valence-corrected chi connectivity index (χ1v) is 26.0. The zero-order valence-electron chi connectivity index (χ0n) is 44.2. The highest BCUT2D eigenvalue weighted by atomic mass is 16.3. The van der Waals surface area contributed by atoms with Crippen LogP contribution in [-0.4, -0.2) is 6.71 Å². The van der Waals surface area contributed by atoms with Gasteiger partial charge in [-0.1, -0.05) is 142 Å². The third kappa shape index (κ3) is 6.56. The molecule has 0 unspecified atom stereocenters. The number of hydrogen-bond acceptors (Lipinski definition) is 3. The van der Waals surface area contributed by atoms with E-state index in [0.29, 0.717) is 5.92 Å². The van der Waals surface area contributed by atoms with Crippen LogP contribution in [0.15, 0.2) is 83.3 Å². The van der Waals surface area contributed by atoms with Crippen molar-refractivity contribution >= 4 is 68.4 Å². The number of benzene rings is 5. The first-order chi connectivity index (χ1) is 31.1. The molecular formula is C63H77BN2O. The third-order valence-corrected chi connectivity index (χ3v) is 18.4. The molecule has 0 amide bonds. The van der Waals surface area contributed by atoms with Gasteiger partial charge in [-0.3, -0.25) is 0 Å². The monoisotopic (exact) mass is 889 g/mol. The number of anilines is 6. The first kappa shape index (κ1) is 44.8. The van der Waals surface area contributed by atoms with Gasteiger partial charge >= 0.3 is 0 Å². The van der Waals surface area contributed by atoms with E-state index in [1.54, 1.807) is 0 Å². The molecule has 4 heteroatoms. The molecule has 6 aromatic rings. The lowest BCUT2D eigenvalue weighted by Crippen LogP contribution is -2.61. The minimum absolute atomic E-state index is 0.0427. The summed E-state index contributed by atoms with van der Waals surface area (Å²) in [5, 5.41) is 1.24. The van der Waals surface area contributed by atoms with Gasteiger partial charge in [-0.25, -0.2) is 0 Å². The van der Waals surface area contributed by atoms with Gasteiger partial charge in [0.05, 0.1) is 11.3 Å². The largest absolute Gasteiger partial charge is 0.468 e. The number of hydrogen-bond donors (Lipinski definition) is 0. The van der Waals surface area contributed by atoms with Crippen LogP contribution in [0.3, 0.4) is 0 Å². The SMILES string of the molecule is CC(C)c1cc2c3c(c1)N(c1ccc4c(c1)C(C)(C)CCC4(C)C)c1c(oc4cc5c(cc14)C(C)(C)CCC5(C)C)B3c1cc3c(cc1N2c1ccc(C(C)(C)C)cc1)C(C)(C)CCC3(C)C. The number of nitrogens with zero attached hydrogens (tertiary/aromatic N) is 2. The first-order valence-electron chi connectivity index (χ1n) is 26.0. The van der Waals surface area contributed by atoms with Crippen molar-refractivity contribution in [3.63, 3.8) is 0 Å². The molecule has 3 aliphatic carbocycles. The van der Waals surface area contributed by atoms with Gasteiger partial charge in [0.1, 0.15) is 5.58 Å². The van der Waals surface area contributed by atoms with Crippen molar-refractivity contribution in [3.05, 3.63) is 123 Å². The zero-order valence-corrected chi connectivity index (χ0v) is 44.2. The summed E-state index contributed by atoms with van der Waals surface area (Å²) in [4.78, 5) is 5.32. The zero-order chi connectivity index (χ0) is 47.9. The fourth-order valence-corrected chi connectivity index (χ4v) is 13.3. The predicted molar refractivity (Wildman–Crippen MR) is 289 cm³/mol. The molecule has 1 aromatic heterocycles. The molecule has 0 N–H and O–H groups in total. The molecule has 0 radical (unpaired) electrons. The van der Waals surface area contributed by atoms with Gasteiger partial charge in [0, 0.05) is 33.8 Å². The summed E-state index contributed by atoms with van der Waals surface area (Å²) in [5.41, 5.74) is 24.3. The normalized spacial score (nSPS) is 21.0. The molecule has 2 aliphatic heterocycles. The second-order valence-electron chi connectivity index (χ2n) is 27.2. The van der Waals surface area contributed by atoms with Crippen molar-refractivity contribution in [2.75, 3.05) is 9.80 Å². The summed E-state index contributed by atoms with van der Waals surface area (Å²) in [7, 11) is 0. The summed E-state index contributed by atoms with van der Waals surface area (Å²) < 4.78 is 7.71. The molecule has 3 nitrogen and oxygen atoms in total. The van der Waals surface area contributed by atoms with Crippen molar-refractivity contribution in [2.45, 2.75) is 200 Å². The van der Waals surface area contributed by atoms with E-state index < -0.39 is 0 Å². The van der Waals surface area contributed by atoms with Gasteiger partial charge < -0.3 is 14.2 Å². The molecule has 3 heterocycles. The molecule has 0 saturated heterocycles. The molecule has 0 saturated carbocycles. The summed E-state index contributed by atoms with van der Waals surface area (Å²) in [6.45, 7) is 41.2. The minimum Gasteiger partial charge on any atom is -0.468 e. The summed E-state index contributed by atoms with van der Waals surface area (Å²) in [5.74, 6) is 0.317. The van der Waals surface area contributed by atoms with Crippen LogP contribution in [0.5, 0.6) is 0 Å². The molecule has 0 atom stereocenters. The van der Waals surface area contributed by atoms with Gasteiger partial charge in [-0.15, -0.1) is 0 Å². The Kier molecular flexibility index (Phi) is 9.34. The Labute approximate surface area is 404 Å². The van der Waals surface area contributed by atoms with Gasteiger partial charge in [0.25, 0.3) is 6.71 Å². The fraction of sp³-hybridized carbons (Fsp3) is 0.492. The highest BCUT2D eigenvalue weighted by molar-refractivity contribution is 7.00. The summed E-state index contributed by atoms with van der Waals surface area (Å²) in [6, 6.07) is 32.5. The maximum Gasteiger partial charge on any atom is 0.297 e. The quantitative estimate of drug-likeness (QED) is 0.165. The summed E-state index contributed by atoms with van der Waals surface area (Å²) >= 11 is 0. The average Bonchev–Trinajstić information content (AvgIpc) is 3.62. The van der Waals surface area contributed by atoms with E-state index in [9.17, 15) is 0 Å². The van der Waals surface area contributed by atoms with Gasteiger partial charge in [-0.05, 0) is 192 Å². The molecule has 0 fully saturated rings. The van der Waals surface area contributed by atoms with E-state index >= 15 is 0 Å². The topological polar surface area (TPSA) is 19.6 Å². The molecule has 11 rings (SSSR count). The van der Waals surface area contributed by atoms with E-state index in [1.165, 1.54) is 133 Å². The molecule has 0 spiro atoms. The van der Waals surface area contributed by atoms with Crippen molar-refractivity contribution in [2.24, 2.45) is 0 Å². The Balaban J connectivity index is 1.29. The minimum atomic E-state index is -0.0952. The van der Waals surface area contributed by atoms with Crippen LogP contribution < -0.4 is 26.4 Å². The van der Waals surface area contributed by atoms with Gasteiger partial charge in [0.15, 0.2) is 0 Å². The Bertz CT molecular complexity index is 3050. The van der Waals surface area contributed by atoms with E-state index in [1.807, 2.05) is 0 Å². The van der Waals surface area contributed by atoms with Crippen molar-refractivity contribution in [1.82, 2.24) is 0 Å². The highest BCUT2D eigenvalue weighted by Crippen LogP contribution is 2.55. The van der Waals surface area contributed by atoms with Crippen LogP contribution >= 0.6 is 0 Å². The number of furan rings is 1. The Morgan fingerprint density at radius 3 is 1.49 bits per heavy atom. The van der Waals surface area contributed by atoms with Crippen molar-refractivity contribution in [1.29, 1.82) is 0 Å². The van der Waals surface area contributed by atoms with Gasteiger partial charge in [0.2, 0.25) is 0 Å². The second kappa shape index (κ2) is 14.0. The maximum absolute atomic E-state index is 7.71. The Hall–Kier alpha value is -4.70. The van der Waals surface area contributed by atoms with E-state index in [0.717, 1.165) is 11.2 Å². The standard InChI is InChI=1S/C63H77BN2O/c1-37(2)38-30-51-54-52(31-38)66(41-22-23-43-44(32-41)59(8,9)25-24-58(43,6)7)55-42-33-45-48(63(16,17)29-26-60(45,10)11)36-53(42)67-56(55)64(54)49-34-46-47(62(14,15)28-27-61(46,12)13)35-50(49)65(51)40-20-18-39(19-21-40)57(3,4)5/h18-23,30-37H,24-29H2,1-17H3. The average molecular weight is 889 g/mol. The lowest BCUT2D eigenvalue weighted by Gasteiger charge is -2.47. The van der Waals surface area contributed by atoms with E-state index in [-0.39, 0.29) is 44.6 Å². The van der Waals surface area contributed by atoms with Crippen LogP contribution in [0.1, 0.15) is 207 Å². The summed E-state index contributed by atoms with van der Waals surface area (Å²) in [6.07, 6.45) is 7.04. The smallest absolute Gasteiger partial charge is 0.297 e. The van der Waals surface area contributed by atoms with Crippen molar-refractivity contribution < 1.29 is 4.42 Å². The van der Waals surface area contributed by atoms with Crippen molar-refractivity contribution in [3.8, 4) is 0 Å². The number of rotatable bonds is 3. The second-order valence-corrected chi connectivity index (χ2v) is 27.2. The number of fused-ring (bicyclic) bond motifs is 9. The van der Waals surface area contributed by atoms with Crippen LogP contribution in [0.4, 0.5) is 34.1 Å². The van der Waals surface area contributed by atoms with Crippen LogP contribution in [0.25, 0.3) is 11.0 Å². The Morgan fingerprint density at radius 2 is 0.955 bits per heavy atom. The van der Waals surface area contributed by atoms with Gasteiger partial charge in [-0.2, -0.15) is 0 Å². The lowest BCUT2D eigenvalue weighted by atomic mass is 9.35. The molecule has 348 valence electrons. The predicted octanol–water partition coefficient (Wildman–Crippen LogP) is 16.0. The molecule has 5 aliphatic rings. The Morgan fingerprint density at radius 1 is 0.493 bits per heavy atom. The molecule has 5 aromatic carbocycles. The lowest BCUT2D eigenvalue weighted by molar-refractivity contribution is 0.332. The highest BCUT2D eigenvalue weighted by Gasteiger charge is 2.50. The third-order valence-electron chi connectivity index (χ3n) is 18.4.